The van der Waals surface area contributed by atoms with E-state index in [1.807, 2.05) is 66.2 Å². The molecule has 0 saturated carbocycles. The summed E-state index contributed by atoms with van der Waals surface area (Å²) in [5.41, 5.74) is 3.82. The zero-order valence-corrected chi connectivity index (χ0v) is 14.2. The van der Waals surface area contributed by atoms with Crippen molar-refractivity contribution < 1.29 is 4.79 Å². The first-order chi connectivity index (χ1) is 12.7. The predicted octanol–water partition coefficient (Wildman–Crippen LogP) is 3.31. The molecule has 2 aromatic carbocycles. The zero-order valence-electron chi connectivity index (χ0n) is 14.2. The third-order valence-corrected chi connectivity index (χ3v) is 4.22. The van der Waals surface area contributed by atoms with Gasteiger partial charge in [0.25, 0.3) is 5.91 Å². The van der Waals surface area contributed by atoms with E-state index in [0.717, 1.165) is 16.8 Å². The van der Waals surface area contributed by atoms with Crippen molar-refractivity contribution in [3.63, 3.8) is 0 Å². The van der Waals surface area contributed by atoms with E-state index in [2.05, 4.69) is 20.3 Å². The first-order valence-corrected chi connectivity index (χ1v) is 8.31. The summed E-state index contributed by atoms with van der Waals surface area (Å²) in [6.07, 6.45) is 6.88. The molecule has 0 fully saturated rings. The summed E-state index contributed by atoms with van der Waals surface area (Å²) >= 11 is 0. The first kappa shape index (κ1) is 16.0. The highest BCUT2D eigenvalue weighted by molar-refractivity contribution is 5.94. The topological polar surface area (TPSA) is 72.7 Å². The second-order valence-corrected chi connectivity index (χ2v) is 6.00. The molecule has 2 heterocycles. The van der Waals surface area contributed by atoms with Gasteiger partial charge in [-0.1, -0.05) is 24.3 Å². The number of fused-ring (bicyclic) bond motifs is 1. The Morgan fingerprint density at radius 2 is 1.85 bits per heavy atom. The highest BCUT2D eigenvalue weighted by Crippen LogP contribution is 2.16. The highest BCUT2D eigenvalue weighted by atomic mass is 16.1. The van der Waals surface area contributed by atoms with Gasteiger partial charge in [0.1, 0.15) is 5.69 Å². The molecule has 6 heteroatoms. The highest BCUT2D eigenvalue weighted by Gasteiger charge is 2.13. The predicted molar refractivity (Wildman–Crippen MR) is 99.0 cm³/mol. The third kappa shape index (κ3) is 3.17. The fourth-order valence-electron chi connectivity index (χ4n) is 2.77. The molecule has 0 unspecified atom stereocenters. The summed E-state index contributed by atoms with van der Waals surface area (Å²) in [5, 5.41) is 2.97. The molecule has 0 bridgehead atoms. The van der Waals surface area contributed by atoms with Crippen LogP contribution in [0.25, 0.3) is 16.7 Å². The van der Waals surface area contributed by atoms with Crippen LogP contribution < -0.4 is 5.32 Å². The Labute approximate surface area is 150 Å². The number of rotatable bonds is 4. The SMILES string of the molecule is C[C@H](NC(=O)c1cnc2ccccc2n1)c1ccc(-n2ccnc2)cc1. The largest absolute Gasteiger partial charge is 0.344 e. The fraction of sp³-hybridized carbons (Fsp3) is 0.100. The summed E-state index contributed by atoms with van der Waals surface area (Å²) < 4.78 is 1.93. The monoisotopic (exact) mass is 343 g/mol. The smallest absolute Gasteiger partial charge is 0.271 e. The quantitative estimate of drug-likeness (QED) is 0.617. The number of para-hydroxylation sites is 2. The fourth-order valence-corrected chi connectivity index (χ4v) is 2.77. The van der Waals surface area contributed by atoms with Gasteiger partial charge in [-0.15, -0.1) is 0 Å². The van der Waals surface area contributed by atoms with Gasteiger partial charge in [0.15, 0.2) is 0 Å². The Balaban J connectivity index is 1.49. The van der Waals surface area contributed by atoms with E-state index in [1.165, 1.54) is 6.20 Å². The van der Waals surface area contributed by atoms with E-state index >= 15 is 0 Å². The van der Waals surface area contributed by atoms with Gasteiger partial charge < -0.3 is 9.88 Å². The molecule has 2 aromatic heterocycles. The maximum atomic E-state index is 12.5. The average molecular weight is 343 g/mol. The number of hydrogen-bond acceptors (Lipinski definition) is 4. The molecule has 6 nitrogen and oxygen atoms in total. The lowest BCUT2D eigenvalue weighted by Crippen LogP contribution is -2.27. The van der Waals surface area contributed by atoms with E-state index < -0.39 is 0 Å². The third-order valence-electron chi connectivity index (χ3n) is 4.22. The Morgan fingerprint density at radius 1 is 1.08 bits per heavy atom. The molecule has 4 rings (SSSR count). The van der Waals surface area contributed by atoms with Crippen molar-refractivity contribution >= 4 is 16.9 Å². The summed E-state index contributed by atoms with van der Waals surface area (Å²) in [6, 6.07) is 15.3. The molecular weight excluding hydrogens is 326 g/mol. The first-order valence-electron chi connectivity index (χ1n) is 8.31. The lowest BCUT2D eigenvalue weighted by atomic mass is 10.1. The molecule has 1 amide bonds. The summed E-state index contributed by atoms with van der Waals surface area (Å²) in [4.78, 5) is 25.2. The van der Waals surface area contributed by atoms with Crippen molar-refractivity contribution in [2.24, 2.45) is 0 Å². The summed E-state index contributed by atoms with van der Waals surface area (Å²) in [7, 11) is 0. The molecule has 0 aliphatic heterocycles. The van der Waals surface area contributed by atoms with Crippen molar-refractivity contribution in [1.29, 1.82) is 0 Å². The molecule has 0 radical (unpaired) electrons. The Morgan fingerprint density at radius 3 is 2.58 bits per heavy atom. The second-order valence-electron chi connectivity index (χ2n) is 6.00. The minimum absolute atomic E-state index is 0.146. The van der Waals surface area contributed by atoms with Crippen LogP contribution >= 0.6 is 0 Å². The number of hydrogen-bond donors (Lipinski definition) is 1. The molecule has 0 aliphatic rings. The van der Waals surface area contributed by atoms with E-state index in [-0.39, 0.29) is 11.9 Å². The lowest BCUT2D eigenvalue weighted by molar-refractivity contribution is 0.0935. The maximum Gasteiger partial charge on any atom is 0.271 e. The molecule has 26 heavy (non-hydrogen) atoms. The van der Waals surface area contributed by atoms with Gasteiger partial charge in [-0.3, -0.25) is 9.78 Å². The van der Waals surface area contributed by atoms with Gasteiger partial charge in [0.05, 0.1) is 29.6 Å². The minimum atomic E-state index is -0.241. The number of benzene rings is 2. The Kier molecular flexibility index (Phi) is 4.15. The number of amides is 1. The van der Waals surface area contributed by atoms with E-state index in [9.17, 15) is 4.79 Å². The van der Waals surface area contributed by atoms with Gasteiger partial charge >= 0.3 is 0 Å². The maximum absolute atomic E-state index is 12.5. The van der Waals surface area contributed by atoms with Crippen LogP contribution in [0, 0.1) is 0 Å². The van der Waals surface area contributed by atoms with Gasteiger partial charge in [0.2, 0.25) is 0 Å². The number of imidazole rings is 1. The molecule has 0 saturated heterocycles. The Bertz CT molecular complexity index is 1040. The van der Waals surface area contributed by atoms with Crippen molar-refractivity contribution in [3.8, 4) is 5.69 Å². The molecule has 128 valence electrons. The molecule has 0 spiro atoms. The number of aromatic nitrogens is 4. The van der Waals surface area contributed by atoms with Gasteiger partial charge in [-0.2, -0.15) is 0 Å². The lowest BCUT2D eigenvalue weighted by Gasteiger charge is -2.15. The number of carbonyl (C=O) groups excluding carboxylic acids is 1. The van der Waals surface area contributed by atoms with E-state index in [1.54, 1.807) is 12.5 Å². The number of nitrogens with zero attached hydrogens (tertiary/aromatic N) is 4. The van der Waals surface area contributed by atoms with E-state index in [4.69, 9.17) is 0 Å². The van der Waals surface area contributed by atoms with Crippen molar-refractivity contribution in [2.75, 3.05) is 0 Å². The van der Waals surface area contributed by atoms with Crippen LogP contribution in [0.2, 0.25) is 0 Å². The molecule has 4 aromatic rings. The van der Waals surface area contributed by atoms with Crippen LogP contribution in [-0.2, 0) is 0 Å². The van der Waals surface area contributed by atoms with Crippen molar-refractivity contribution in [3.05, 3.63) is 84.7 Å². The second kappa shape index (κ2) is 6.76. The standard InChI is InChI=1S/C20H17N5O/c1-14(15-6-8-16(9-7-15)25-11-10-21-13-25)23-20(26)19-12-22-17-4-2-3-5-18(17)24-19/h2-14H,1H3,(H,23,26)/t14-/m0/s1. The van der Waals surface area contributed by atoms with Crippen LogP contribution in [0.15, 0.2) is 73.4 Å². The molecule has 0 aliphatic carbocycles. The minimum Gasteiger partial charge on any atom is -0.344 e. The van der Waals surface area contributed by atoms with Gasteiger partial charge in [0, 0.05) is 18.1 Å². The zero-order chi connectivity index (χ0) is 17.9. The van der Waals surface area contributed by atoms with Gasteiger partial charge in [-0.05, 0) is 36.8 Å². The van der Waals surface area contributed by atoms with Gasteiger partial charge in [-0.25, -0.2) is 9.97 Å². The van der Waals surface area contributed by atoms with Crippen LogP contribution in [0.1, 0.15) is 29.0 Å². The molecule has 1 N–H and O–H groups in total. The van der Waals surface area contributed by atoms with Crippen LogP contribution in [0.4, 0.5) is 0 Å². The van der Waals surface area contributed by atoms with Crippen molar-refractivity contribution in [2.45, 2.75) is 13.0 Å². The van der Waals surface area contributed by atoms with Crippen LogP contribution in [-0.4, -0.2) is 25.4 Å². The van der Waals surface area contributed by atoms with Crippen molar-refractivity contribution in [1.82, 2.24) is 24.8 Å². The van der Waals surface area contributed by atoms with Crippen LogP contribution in [0.3, 0.4) is 0 Å². The molecule has 1 atom stereocenters. The normalized spacial score (nSPS) is 12.0. The van der Waals surface area contributed by atoms with Crippen LogP contribution in [0.5, 0.6) is 0 Å². The average Bonchev–Trinajstić information content (AvgIpc) is 3.22. The summed E-state index contributed by atoms with van der Waals surface area (Å²) in [5.74, 6) is -0.241. The summed E-state index contributed by atoms with van der Waals surface area (Å²) in [6.45, 7) is 1.94. The van der Waals surface area contributed by atoms with E-state index in [0.29, 0.717) is 11.2 Å². The number of carbonyl (C=O) groups is 1. The number of nitrogens with one attached hydrogen (secondary N) is 1. The Hall–Kier alpha value is -3.54. The molecular formula is C20H17N5O.